The van der Waals surface area contributed by atoms with Crippen molar-refractivity contribution in [2.24, 2.45) is 0 Å². The van der Waals surface area contributed by atoms with Gasteiger partial charge in [0.2, 0.25) is 0 Å². The number of carbonyl (C=O) groups is 1. The summed E-state index contributed by atoms with van der Waals surface area (Å²) in [5.41, 5.74) is -0.671. The molecule has 6 atom stereocenters. The molecule has 0 bridgehead atoms. The molecule has 3 heterocycles. The Hall–Kier alpha value is -3.20. The fourth-order valence-corrected chi connectivity index (χ4v) is 5.33. The van der Waals surface area contributed by atoms with Gasteiger partial charge in [-0.25, -0.2) is 18.9 Å². The lowest BCUT2D eigenvalue weighted by atomic mass is 10.1. The summed E-state index contributed by atoms with van der Waals surface area (Å²) in [5, 5.41) is 23.6. The molecule has 1 aliphatic heterocycles. The third-order valence-electron chi connectivity index (χ3n) is 5.66. The number of alkyl halides is 1. The second kappa shape index (κ2) is 11.1. The van der Waals surface area contributed by atoms with Crippen molar-refractivity contribution in [3.8, 4) is 5.75 Å². The smallest absolute Gasteiger partial charge is 0.459 e. The van der Waals surface area contributed by atoms with Gasteiger partial charge in [-0.15, -0.1) is 0 Å². The van der Waals surface area contributed by atoms with Crippen LogP contribution in [0.15, 0.2) is 41.5 Å². The number of rotatable bonds is 10. The first-order valence-electron chi connectivity index (χ1n) is 12.0. The highest BCUT2D eigenvalue weighted by Crippen LogP contribution is 2.48. The molecule has 3 aromatic rings. The van der Waals surface area contributed by atoms with Crippen LogP contribution in [0.3, 0.4) is 0 Å². The number of aromatic amines is 1. The molecule has 212 valence electrons. The van der Waals surface area contributed by atoms with Crippen LogP contribution in [0.5, 0.6) is 5.75 Å². The SMILES string of the molecule is Cc1nc2c(ncn2C2O[C@](F)(CO[P@@](=O)(N[C@@H](C)C(=O)OC(C)C)Oc3ccccc3)[C@@H](O)[C@H]2O)c(=O)[nH]1. The molecule has 0 radical (unpaired) electrons. The van der Waals surface area contributed by atoms with Crippen LogP contribution >= 0.6 is 7.75 Å². The van der Waals surface area contributed by atoms with E-state index in [1.165, 1.54) is 26.0 Å². The Morgan fingerprint density at radius 1 is 1.31 bits per heavy atom. The number of ether oxygens (including phenoxy) is 2. The molecule has 39 heavy (non-hydrogen) atoms. The molecule has 14 nitrogen and oxygen atoms in total. The molecular weight excluding hydrogens is 540 g/mol. The maximum atomic E-state index is 15.9. The van der Waals surface area contributed by atoms with Gasteiger partial charge < -0.3 is 29.2 Å². The Morgan fingerprint density at radius 3 is 2.67 bits per heavy atom. The number of aryl methyl sites for hydroxylation is 1. The van der Waals surface area contributed by atoms with Crippen molar-refractivity contribution in [2.75, 3.05) is 6.61 Å². The van der Waals surface area contributed by atoms with Crippen molar-refractivity contribution in [2.45, 2.75) is 64.1 Å². The lowest BCUT2D eigenvalue weighted by molar-refractivity contribution is -0.202. The minimum absolute atomic E-state index is 0.0186. The number of carbonyl (C=O) groups excluding carboxylic acids is 1. The number of aliphatic hydroxyl groups excluding tert-OH is 2. The normalized spacial score (nSPS) is 25.5. The Bertz CT molecular complexity index is 1430. The minimum Gasteiger partial charge on any atom is -0.462 e. The number of hydrogen-bond acceptors (Lipinski definition) is 11. The van der Waals surface area contributed by atoms with Gasteiger partial charge in [0.05, 0.1) is 12.4 Å². The number of nitrogens with zero attached hydrogens (tertiary/aromatic N) is 3. The highest BCUT2D eigenvalue weighted by Gasteiger charge is 2.57. The summed E-state index contributed by atoms with van der Waals surface area (Å²) in [4.78, 5) is 35.0. The van der Waals surface area contributed by atoms with E-state index in [1.807, 2.05) is 0 Å². The van der Waals surface area contributed by atoms with Crippen LogP contribution in [-0.2, 0) is 23.4 Å². The molecular formula is C23H29FN5O9P. The van der Waals surface area contributed by atoms with Crippen molar-refractivity contribution < 1.29 is 42.5 Å². The molecule has 0 spiro atoms. The number of imidazole rings is 1. The van der Waals surface area contributed by atoms with Crippen LogP contribution in [0.1, 0.15) is 32.8 Å². The van der Waals surface area contributed by atoms with Gasteiger partial charge >= 0.3 is 13.7 Å². The Morgan fingerprint density at radius 2 is 2.00 bits per heavy atom. The Balaban J connectivity index is 1.57. The predicted molar refractivity (Wildman–Crippen MR) is 133 cm³/mol. The molecule has 2 aromatic heterocycles. The summed E-state index contributed by atoms with van der Waals surface area (Å²) in [7, 11) is -4.51. The Labute approximate surface area is 221 Å². The van der Waals surface area contributed by atoms with E-state index in [0.29, 0.717) is 0 Å². The number of hydrogen-bond donors (Lipinski definition) is 4. The highest BCUT2D eigenvalue weighted by molar-refractivity contribution is 7.52. The van der Waals surface area contributed by atoms with Gasteiger partial charge in [-0.1, -0.05) is 18.2 Å². The van der Waals surface area contributed by atoms with Crippen molar-refractivity contribution in [3.05, 3.63) is 52.8 Å². The molecule has 1 saturated heterocycles. The number of aromatic nitrogens is 4. The zero-order chi connectivity index (χ0) is 28.5. The van der Waals surface area contributed by atoms with E-state index in [-0.39, 0.29) is 22.7 Å². The maximum Gasteiger partial charge on any atom is 0.459 e. The fraction of sp³-hybridized carbons (Fsp3) is 0.478. The zero-order valence-electron chi connectivity index (χ0n) is 21.5. The van der Waals surface area contributed by atoms with Gasteiger partial charge in [0, 0.05) is 0 Å². The fourth-order valence-electron chi connectivity index (χ4n) is 3.82. The largest absolute Gasteiger partial charge is 0.462 e. The maximum absolute atomic E-state index is 15.9. The topological polar surface area (TPSA) is 187 Å². The molecule has 1 aromatic carbocycles. The van der Waals surface area contributed by atoms with Gasteiger partial charge in [-0.3, -0.25) is 18.7 Å². The van der Waals surface area contributed by atoms with E-state index in [1.54, 1.807) is 32.0 Å². The third kappa shape index (κ3) is 6.19. The van der Waals surface area contributed by atoms with Crippen LogP contribution in [-0.4, -0.2) is 72.5 Å². The van der Waals surface area contributed by atoms with Gasteiger partial charge in [0.25, 0.3) is 11.4 Å². The van der Waals surface area contributed by atoms with Crippen LogP contribution < -0.4 is 15.2 Å². The van der Waals surface area contributed by atoms with Crippen molar-refractivity contribution in [1.29, 1.82) is 0 Å². The van der Waals surface area contributed by atoms with Crippen molar-refractivity contribution >= 4 is 24.9 Å². The lowest BCUT2D eigenvalue weighted by Crippen LogP contribution is -2.44. The molecule has 1 fully saturated rings. The predicted octanol–water partition coefficient (Wildman–Crippen LogP) is 1.48. The van der Waals surface area contributed by atoms with Gasteiger partial charge in [0.1, 0.15) is 36.4 Å². The number of benzene rings is 1. The van der Waals surface area contributed by atoms with E-state index in [0.717, 1.165) is 10.9 Å². The zero-order valence-corrected chi connectivity index (χ0v) is 22.4. The monoisotopic (exact) mass is 569 g/mol. The second-order valence-corrected chi connectivity index (χ2v) is 10.9. The molecule has 0 saturated carbocycles. The number of halogens is 1. The van der Waals surface area contributed by atoms with E-state index < -0.39 is 62.3 Å². The first-order valence-corrected chi connectivity index (χ1v) is 13.5. The quantitative estimate of drug-likeness (QED) is 0.204. The van der Waals surface area contributed by atoms with E-state index in [4.69, 9.17) is 18.5 Å². The standard InChI is InChI=1S/C23H29FN5O9P/c1-12(2)36-22(33)13(3)28-39(34,38-15-8-6-5-7-9-15)35-10-23(24)18(31)17(30)21(37-23)29-11-25-16-19(29)26-14(4)27-20(16)32/h5-9,11-13,17-18,21,30-31H,10H2,1-4H3,(H,28,34)(H,26,27,32)/t13-,17+,18-,21?,23+,39-/m0/s1. The van der Waals surface area contributed by atoms with Crippen LogP contribution in [0.2, 0.25) is 0 Å². The van der Waals surface area contributed by atoms with E-state index in [2.05, 4.69) is 20.0 Å². The van der Waals surface area contributed by atoms with Crippen molar-refractivity contribution in [3.63, 3.8) is 0 Å². The Kier molecular flexibility index (Phi) is 8.21. The average molecular weight is 569 g/mol. The summed E-state index contributed by atoms with van der Waals surface area (Å²) >= 11 is 0. The van der Waals surface area contributed by atoms with Gasteiger partial charge in [0.15, 0.2) is 17.4 Å². The number of esters is 1. The molecule has 0 amide bonds. The molecule has 16 heteroatoms. The summed E-state index contributed by atoms with van der Waals surface area (Å²) < 4.78 is 51.9. The van der Waals surface area contributed by atoms with E-state index in [9.17, 15) is 24.4 Å². The molecule has 1 aliphatic rings. The van der Waals surface area contributed by atoms with Crippen LogP contribution in [0.4, 0.5) is 4.39 Å². The van der Waals surface area contributed by atoms with Crippen LogP contribution in [0, 0.1) is 6.92 Å². The third-order valence-corrected chi connectivity index (χ3v) is 7.28. The lowest BCUT2D eigenvalue weighted by Gasteiger charge is -2.27. The summed E-state index contributed by atoms with van der Waals surface area (Å²) in [6, 6.07) is 6.58. The number of para-hydroxylation sites is 1. The number of aliphatic hydroxyl groups is 2. The van der Waals surface area contributed by atoms with Crippen LogP contribution in [0.25, 0.3) is 11.2 Å². The average Bonchev–Trinajstić information content (AvgIpc) is 3.38. The highest BCUT2D eigenvalue weighted by atomic mass is 31.2. The second-order valence-electron chi connectivity index (χ2n) is 9.22. The first-order chi connectivity index (χ1) is 18.3. The molecule has 4 rings (SSSR count). The minimum atomic E-state index is -4.51. The number of nitrogens with one attached hydrogen (secondary N) is 2. The van der Waals surface area contributed by atoms with Gasteiger partial charge in [-0.2, -0.15) is 5.09 Å². The summed E-state index contributed by atoms with van der Waals surface area (Å²) in [6.45, 7) is 4.93. The molecule has 0 aliphatic carbocycles. The summed E-state index contributed by atoms with van der Waals surface area (Å²) in [5.74, 6) is -3.56. The first kappa shape index (κ1) is 28.8. The number of H-pyrrole nitrogens is 1. The van der Waals surface area contributed by atoms with Crippen molar-refractivity contribution in [1.82, 2.24) is 24.6 Å². The van der Waals surface area contributed by atoms with E-state index >= 15 is 4.39 Å². The summed E-state index contributed by atoms with van der Waals surface area (Å²) in [6.07, 6.45) is -4.97. The molecule has 4 N–H and O–H groups in total. The van der Waals surface area contributed by atoms with Gasteiger partial charge in [-0.05, 0) is 39.8 Å². The number of fused-ring (bicyclic) bond motifs is 1. The molecule has 1 unspecified atom stereocenters.